The van der Waals surface area contributed by atoms with Crippen LogP contribution in [0.15, 0.2) is 0 Å². The van der Waals surface area contributed by atoms with Crippen LogP contribution in [0.4, 0.5) is 4.79 Å². The summed E-state index contributed by atoms with van der Waals surface area (Å²) in [5, 5.41) is 3.06. The third-order valence-electron chi connectivity index (χ3n) is 5.01. The molecule has 7 heteroatoms. The lowest BCUT2D eigenvalue weighted by molar-refractivity contribution is -0.136. The lowest BCUT2D eigenvalue weighted by Crippen LogP contribution is -2.61. The van der Waals surface area contributed by atoms with Gasteiger partial charge in [0.25, 0.3) is 0 Å². The summed E-state index contributed by atoms with van der Waals surface area (Å²) >= 11 is 0. The maximum atomic E-state index is 12.1. The predicted octanol–water partition coefficient (Wildman–Crippen LogP) is 0.217. The first-order valence-corrected chi connectivity index (χ1v) is 8.05. The molecule has 4 amide bonds. The Morgan fingerprint density at radius 3 is 2.32 bits per heavy atom. The van der Waals surface area contributed by atoms with Crippen LogP contribution in [0.25, 0.3) is 0 Å². The topological polar surface area (TPSA) is 73.0 Å². The normalized spacial score (nSPS) is 28.2. The van der Waals surface area contributed by atoms with Gasteiger partial charge >= 0.3 is 6.03 Å². The van der Waals surface area contributed by atoms with Gasteiger partial charge < -0.3 is 10.2 Å². The molecule has 7 nitrogen and oxygen atoms in total. The molecule has 1 atom stereocenters. The van der Waals surface area contributed by atoms with Crippen molar-refractivity contribution >= 4 is 17.8 Å². The van der Waals surface area contributed by atoms with Crippen molar-refractivity contribution in [2.75, 3.05) is 27.2 Å². The average molecular weight is 308 g/mol. The van der Waals surface area contributed by atoms with Crippen molar-refractivity contribution in [3.8, 4) is 0 Å². The van der Waals surface area contributed by atoms with E-state index in [2.05, 4.69) is 10.2 Å². The lowest BCUT2D eigenvalue weighted by atomic mass is 9.95. The van der Waals surface area contributed by atoms with E-state index in [1.54, 1.807) is 11.9 Å². The molecule has 1 N–H and O–H groups in total. The smallest absolute Gasteiger partial charge is 0.327 e. The SMILES string of the molecule is CN1C(=O)CC(N2CCC(C(=O)NC3CC3)CC2)N(C)C1=O. The number of urea groups is 1. The van der Waals surface area contributed by atoms with Gasteiger partial charge in [0.1, 0.15) is 0 Å². The van der Waals surface area contributed by atoms with Crippen LogP contribution in [-0.4, -0.2) is 71.9 Å². The molecule has 2 aliphatic heterocycles. The number of nitrogens with zero attached hydrogens (tertiary/aromatic N) is 3. The fourth-order valence-electron chi connectivity index (χ4n) is 3.28. The molecule has 0 aromatic rings. The Labute approximate surface area is 130 Å². The second-order valence-corrected chi connectivity index (χ2v) is 6.62. The Hall–Kier alpha value is -1.63. The van der Waals surface area contributed by atoms with E-state index in [1.807, 2.05) is 0 Å². The Kier molecular flexibility index (Phi) is 4.08. The van der Waals surface area contributed by atoms with Crippen LogP contribution in [0, 0.1) is 5.92 Å². The first-order chi connectivity index (χ1) is 10.5. The monoisotopic (exact) mass is 308 g/mol. The minimum Gasteiger partial charge on any atom is -0.353 e. The number of rotatable bonds is 3. The van der Waals surface area contributed by atoms with Crippen LogP contribution in [-0.2, 0) is 9.59 Å². The Morgan fingerprint density at radius 2 is 1.73 bits per heavy atom. The maximum absolute atomic E-state index is 12.1. The van der Waals surface area contributed by atoms with Crippen LogP contribution >= 0.6 is 0 Å². The van der Waals surface area contributed by atoms with Crippen molar-refractivity contribution in [1.82, 2.24) is 20.0 Å². The summed E-state index contributed by atoms with van der Waals surface area (Å²) in [4.78, 5) is 41.0. The predicted molar refractivity (Wildman–Crippen MR) is 79.8 cm³/mol. The minimum atomic E-state index is -0.255. The zero-order valence-electron chi connectivity index (χ0n) is 13.2. The number of likely N-dealkylation sites (tertiary alicyclic amines) is 1. The highest BCUT2D eigenvalue weighted by atomic mass is 16.2. The van der Waals surface area contributed by atoms with Crippen LogP contribution in [0.5, 0.6) is 0 Å². The summed E-state index contributed by atoms with van der Waals surface area (Å²) in [5.74, 6) is 0.104. The van der Waals surface area contributed by atoms with Gasteiger partial charge in [0.2, 0.25) is 11.8 Å². The van der Waals surface area contributed by atoms with E-state index in [4.69, 9.17) is 0 Å². The van der Waals surface area contributed by atoms with E-state index in [0.29, 0.717) is 12.5 Å². The van der Waals surface area contributed by atoms with Crippen molar-refractivity contribution in [3.05, 3.63) is 0 Å². The van der Waals surface area contributed by atoms with Gasteiger partial charge in [-0.3, -0.25) is 19.4 Å². The summed E-state index contributed by atoms with van der Waals surface area (Å²) in [6, 6.07) is 0.149. The van der Waals surface area contributed by atoms with Gasteiger partial charge in [-0.2, -0.15) is 0 Å². The molecular formula is C15H24N4O3. The van der Waals surface area contributed by atoms with E-state index in [9.17, 15) is 14.4 Å². The molecule has 1 aliphatic carbocycles. The highest BCUT2D eigenvalue weighted by molar-refractivity contribution is 5.96. The third kappa shape index (κ3) is 2.95. The average Bonchev–Trinajstić information content (AvgIpc) is 3.33. The Morgan fingerprint density at radius 1 is 1.09 bits per heavy atom. The van der Waals surface area contributed by atoms with E-state index >= 15 is 0 Å². The van der Waals surface area contributed by atoms with Crippen LogP contribution < -0.4 is 5.32 Å². The number of nitrogens with one attached hydrogen (secondary N) is 1. The number of piperidine rings is 1. The first kappa shape index (κ1) is 15.3. The highest BCUT2D eigenvalue weighted by Gasteiger charge is 2.39. The zero-order chi connectivity index (χ0) is 15.9. The molecule has 3 rings (SSSR count). The fraction of sp³-hybridized carbons (Fsp3) is 0.800. The van der Waals surface area contributed by atoms with Crippen molar-refractivity contribution in [3.63, 3.8) is 0 Å². The molecule has 122 valence electrons. The number of hydrogen-bond acceptors (Lipinski definition) is 4. The molecule has 1 saturated carbocycles. The van der Waals surface area contributed by atoms with Gasteiger partial charge in [-0.1, -0.05) is 0 Å². The van der Waals surface area contributed by atoms with Crippen molar-refractivity contribution in [2.45, 2.75) is 44.3 Å². The molecular weight excluding hydrogens is 284 g/mol. The molecule has 0 bridgehead atoms. The van der Waals surface area contributed by atoms with Crippen molar-refractivity contribution < 1.29 is 14.4 Å². The van der Waals surface area contributed by atoms with E-state index in [-0.39, 0.29) is 29.9 Å². The molecule has 3 aliphatic rings. The van der Waals surface area contributed by atoms with Gasteiger partial charge in [0.05, 0.1) is 12.6 Å². The third-order valence-corrected chi connectivity index (χ3v) is 5.01. The van der Waals surface area contributed by atoms with E-state index < -0.39 is 0 Å². The molecule has 22 heavy (non-hydrogen) atoms. The summed E-state index contributed by atoms with van der Waals surface area (Å²) in [5.41, 5.74) is 0. The molecule has 0 radical (unpaired) electrons. The van der Waals surface area contributed by atoms with Gasteiger partial charge in [0, 0.05) is 39.1 Å². The van der Waals surface area contributed by atoms with Crippen LogP contribution in [0.2, 0.25) is 0 Å². The lowest BCUT2D eigenvalue weighted by Gasteiger charge is -2.44. The fourth-order valence-corrected chi connectivity index (χ4v) is 3.28. The minimum absolute atomic E-state index is 0.0693. The standard InChI is InChI=1S/C15H24N4O3/c1-17-12(9-13(20)18(2)15(17)22)19-7-5-10(6-8-19)14(21)16-11-3-4-11/h10-12H,3-9H2,1-2H3,(H,16,21). The van der Waals surface area contributed by atoms with Gasteiger partial charge in [-0.25, -0.2) is 4.79 Å². The summed E-state index contributed by atoms with van der Waals surface area (Å²) in [7, 11) is 3.26. The highest BCUT2D eigenvalue weighted by Crippen LogP contribution is 2.26. The maximum Gasteiger partial charge on any atom is 0.327 e. The summed E-state index contributed by atoms with van der Waals surface area (Å²) in [6.45, 7) is 1.50. The van der Waals surface area contributed by atoms with Crippen LogP contribution in [0.1, 0.15) is 32.1 Å². The van der Waals surface area contributed by atoms with E-state index in [1.165, 1.54) is 11.9 Å². The van der Waals surface area contributed by atoms with Crippen LogP contribution in [0.3, 0.4) is 0 Å². The molecule has 2 heterocycles. The summed E-state index contributed by atoms with van der Waals surface area (Å²) in [6.07, 6.45) is 3.95. The number of carbonyl (C=O) groups excluding carboxylic acids is 3. The zero-order valence-corrected chi connectivity index (χ0v) is 13.2. The first-order valence-electron chi connectivity index (χ1n) is 8.05. The number of amides is 4. The van der Waals surface area contributed by atoms with Crippen molar-refractivity contribution in [1.29, 1.82) is 0 Å². The van der Waals surface area contributed by atoms with E-state index in [0.717, 1.165) is 38.8 Å². The van der Waals surface area contributed by atoms with Crippen molar-refractivity contribution in [2.24, 2.45) is 5.92 Å². The molecule has 3 fully saturated rings. The Bertz CT molecular complexity index is 483. The van der Waals surface area contributed by atoms with Gasteiger partial charge in [-0.15, -0.1) is 0 Å². The molecule has 2 saturated heterocycles. The summed E-state index contributed by atoms with van der Waals surface area (Å²) < 4.78 is 0. The number of hydrogen-bond donors (Lipinski definition) is 1. The Balaban J connectivity index is 1.55. The van der Waals surface area contributed by atoms with Gasteiger partial charge in [-0.05, 0) is 25.7 Å². The number of carbonyl (C=O) groups is 3. The largest absolute Gasteiger partial charge is 0.353 e. The molecule has 0 aromatic carbocycles. The molecule has 0 spiro atoms. The molecule has 1 unspecified atom stereocenters. The second-order valence-electron chi connectivity index (χ2n) is 6.62. The van der Waals surface area contributed by atoms with Gasteiger partial charge in [0.15, 0.2) is 0 Å². The second kappa shape index (κ2) is 5.87. The quantitative estimate of drug-likeness (QED) is 0.809. The molecule has 0 aromatic heterocycles. The number of imide groups is 1.